The quantitative estimate of drug-likeness (QED) is 0.148. The molecule has 11 heteroatoms. The van der Waals surface area contributed by atoms with Crippen LogP contribution < -0.4 is 20.3 Å². The summed E-state index contributed by atoms with van der Waals surface area (Å²) in [4.78, 5) is 31.0. The number of para-hydroxylation sites is 1. The van der Waals surface area contributed by atoms with Crippen molar-refractivity contribution in [3.05, 3.63) is 115 Å². The number of hydrogen-bond acceptors (Lipinski definition) is 6. The molecule has 0 radical (unpaired) electrons. The van der Waals surface area contributed by atoms with Crippen LogP contribution in [0, 0.1) is 12.7 Å². The van der Waals surface area contributed by atoms with Gasteiger partial charge in [-0.15, -0.1) is 0 Å². The van der Waals surface area contributed by atoms with E-state index < -0.39 is 11.7 Å². The molecule has 0 saturated heterocycles. The lowest BCUT2D eigenvalue weighted by molar-refractivity contribution is -0.118. The topological polar surface area (TPSA) is 94.8 Å². The summed E-state index contributed by atoms with van der Waals surface area (Å²) in [5.41, 5.74) is 3.73. The smallest absolute Gasteiger partial charge is 0.282 e. The van der Waals surface area contributed by atoms with E-state index in [1.807, 2.05) is 32.0 Å². The number of benzene rings is 4. The summed E-state index contributed by atoms with van der Waals surface area (Å²) in [6.45, 7) is 8.24. The summed E-state index contributed by atoms with van der Waals surface area (Å²) in [6, 6.07) is 20.0. The molecule has 0 bridgehead atoms. The van der Waals surface area contributed by atoms with E-state index in [0.29, 0.717) is 39.1 Å². The third-order valence-electron chi connectivity index (χ3n) is 7.07. The van der Waals surface area contributed by atoms with E-state index in [0.717, 1.165) is 22.4 Å². The number of anilines is 1. The molecular formula is C35H31BrClFN4O4. The molecule has 1 amide bonds. The van der Waals surface area contributed by atoms with Gasteiger partial charge in [-0.2, -0.15) is 9.78 Å². The zero-order valence-corrected chi connectivity index (χ0v) is 27.9. The minimum absolute atomic E-state index is 0.165. The lowest BCUT2D eigenvalue weighted by Crippen LogP contribution is -2.21. The van der Waals surface area contributed by atoms with Crippen molar-refractivity contribution in [2.75, 3.05) is 18.5 Å². The summed E-state index contributed by atoms with van der Waals surface area (Å²) in [5, 5.41) is 7.80. The molecule has 1 N–H and O–H groups in total. The molecular weight excluding hydrogens is 675 g/mol. The summed E-state index contributed by atoms with van der Waals surface area (Å²) in [7, 11) is 0. The molecule has 4 aromatic carbocycles. The minimum atomic E-state index is -0.486. The van der Waals surface area contributed by atoms with Crippen molar-refractivity contribution < 1.29 is 18.7 Å². The van der Waals surface area contributed by atoms with E-state index in [1.54, 1.807) is 36.4 Å². The molecule has 0 spiro atoms. The van der Waals surface area contributed by atoms with Crippen LogP contribution >= 0.6 is 27.5 Å². The first kappa shape index (κ1) is 32.8. The number of nitrogens with zero attached hydrogens (tertiary/aromatic N) is 3. The molecule has 0 unspecified atom stereocenters. The van der Waals surface area contributed by atoms with E-state index in [-0.39, 0.29) is 28.9 Å². The standard InChI is InChI=1S/C35H31BrClFN4O4/c1-5-45-31-13-21(4)27(17-26(31)20(2)3)34-41-30-12-7-6-11-25(30)35(44)42(34)39-18-22-14-28(36)33(29(37)15-22)46-19-32(43)40-24-10-8-9-23(38)16-24/h6-18,20H,5,19H2,1-4H3,(H,40,43). The van der Waals surface area contributed by atoms with Crippen LogP contribution in [-0.4, -0.2) is 35.0 Å². The molecule has 236 valence electrons. The van der Waals surface area contributed by atoms with E-state index in [1.165, 1.54) is 29.1 Å². The Morgan fingerprint density at radius 2 is 1.89 bits per heavy atom. The number of halogens is 3. The molecule has 5 rings (SSSR count). The van der Waals surface area contributed by atoms with Gasteiger partial charge in [-0.25, -0.2) is 9.37 Å². The second-order valence-corrected chi connectivity index (χ2v) is 12.0. The second-order valence-electron chi connectivity index (χ2n) is 10.8. The van der Waals surface area contributed by atoms with Crippen LogP contribution in [0.2, 0.25) is 5.02 Å². The van der Waals surface area contributed by atoms with E-state index >= 15 is 0 Å². The lowest BCUT2D eigenvalue weighted by Gasteiger charge is -2.18. The zero-order valence-electron chi connectivity index (χ0n) is 25.6. The van der Waals surface area contributed by atoms with Crippen LogP contribution in [0.4, 0.5) is 10.1 Å². The summed E-state index contributed by atoms with van der Waals surface area (Å²) in [5.74, 6) is 0.634. The number of hydrogen-bond donors (Lipinski definition) is 1. The third kappa shape index (κ3) is 7.29. The Morgan fingerprint density at radius 3 is 2.61 bits per heavy atom. The molecule has 0 aliphatic heterocycles. The van der Waals surface area contributed by atoms with Crippen LogP contribution in [0.25, 0.3) is 22.3 Å². The number of aryl methyl sites for hydroxylation is 1. The maximum atomic E-state index is 13.8. The maximum absolute atomic E-state index is 13.8. The predicted molar refractivity (Wildman–Crippen MR) is 184 cm³/mol. The highest BCUT2D eigenvalue weighted by Gasteiger charge is 2.19. The van der Waals surface area contributed by atoms with Crippen LogP contribution in [0.1, 0.15) is 43.4 Å². The predicted octanol–water partition coefficient (Wildman–Crippen LogP) is 8.35. The van der Waals surface area contributed by atoms with Gasteiger partial charge in [0.15, 0.2) is 18.2 Å². The number of nitrogens with one attached hydrogen (secondary N) is 1. The van der Waals surface area contributed by atoms with Gasteiger partial charge in [-0.05, 0) is 107 Å². The van der Waals surface area contributed by atoms with Gasteiger partial charge in [-0.3, -0.25) is 9.59 Å². The zero-order chi connectivity index (χ0) is 33.0. The fraction of sp³-hybridized carbons (Fsp3) is 0.200. The Morgan fingerprint density at radius 1 is 1.11 bits per heavy atom. The van der Waals surface area contributed by atoms with Crippen LogP contribution in [-0.2, 0) is 4.79 Å². The number of carbonyl (C=O) groups excluding carboxylic acids is 1. The van der Waals surface area contributed by atoms with E-state index in [4.69, 9.17) is 26.1 Å². The molecule has 0 aliphatic carbocycles. The average molecular weight is 706 g/mol. The number of aromatic nitrogens is 2. The number of carbonyl (C=O) groups is 1. The molecule has 1 heterocycles. The fourth-order valence-electron chi connectivity index (χ4n) is 4.89. The maximum Gasteiger partial charge on any atom is 0.282 e. The molecule has 46 heavy (non-hydrogen) atoms. The Balaban J connectivity index is 1.48. The van der Waals surface area contributed by atoms with Gasteiger partial charge < -0.3 is 14.8 Å². The van der Waals surface area contributed by atoms with Crippen molar-refractivity contribution in [2.24, 2.45) is 5.10 Å². The third-order valence-corrected chi connectivity index (χ3v) is 7.94. The van der Waals surface area contributed by atoms with E-state index in [2.05, 4.69) is 40.2 Å². The number of rotatable bonds is 10. The Bertz CT molecular complexity index is 2010. The highest BCUT2D eigenvalue weighted by Crippen LogP contribution is 2.36. The molecule has 0 saturated carbocycles. The van der Waals surface area contributed by atoms with Gasteiger partial charge in [0.1, 0.15) is 11.6 Å². The van der Waals surface area contributed by atoms with Gasteiger partial charge in [0.2, 0.25) is 0 Å². The first-order chi connectivity index (χ1) is 22.0. The minimum Gasteiger partial charge on any atom is -0.494 e. The van der Waals surface area contributed by atoms with Crippen molar-refractivity contribution in [3.63, 3.8) is 0 Å². The van der Waals surface area contributed by atoms with Gasteiger partial charge in [0.25, 0.3) is 11.5 Å². The van der Waals surface area contributed by atoms with Gasteiger partial charge >= 0.3 is 0 Å². The summed E-state index contributed by atoms with van der Waals surface area (Å²) < 4.78 is 26.8. The van der Waals surface area contributed by atoms with Gasteiger partial charge in [0.05, 0.1) is 33.2 Å². The normalized spacial score (nSPS) is 11.4. The van der Waals surface area contributed by atoms with Gasteiger partial charge in [0, 0.05) is 11.3 Å². The van der Waals surface area contributed by atoms with Crippen molar-refractivity contribution in [2.45, 2.75) is 33.6 Å². The fourth-order valence-corrected chi connectivity index (χ4v) is 5.88. The number of ether oxygens (including phenoxy) is 2. The Hall–Kier alpha value is -4.54. The average Bonchev–Trinajstić information content (AvgIpc) is 3.00. The van der Waals surface area contributed by atoms with Crippen LogP contribution in [0.15, 0.2) is 87.2 Å². The first-order valence-corrected chi connectivity index (χ1v) is 15.7. The highest BCUT2D eigenvalue weighted by atomic mass is 79.9. The molecule has 1 aromatic heterocycles. The molecule has 8 nitrogen and oxygen atoms in total. The summed E-state index contributed by atoms with van der Waals surface area (Å²) >= 11 is 9.99. The lowest BCUT2D eigenvalue weighted by atomic mass is 9.96. The van der Waals surface area contributed by atoms with Crippen LogP contribution in [0.5, 0.6) is 11.5 Å². The van der Waals surface area contributed by atoms with Crippen molar-refractivity contribution in [1.29, 1.82) is 0 Å². The number of amides is 1. The van der Waals surface area contributed by atoms with Crippen LogP contribution in [0.3, 0.4) is 0 Å². The van der Waals surface area contributed by atoms with Crippen molar-refractivity contribution in [3.8, 4) is 22.9 Å². The Labute approximate surface area is 279 Å². The first-order valence-electron chi connectivity index (χ1n) is 14.6. The molecule has 0 fully saturated rings. The number of fused-ring (bicyclic) bond motifs is 1. The summed E-state index contributed by atoms with van der Waals surface area (Å²) in [6.07, 6.45) is 1.51. The monoisotopic (exact) mass is 704 g/mol. The van der Waals surface area contributed by atoms with Crippen molar-refractivity contribution >= 4 is 56.2 Å². The SMILES string of the molecule is CCOc1cc(C)c(-c2nc3ccccc3c(=O)n2N=Cc2cc(Cl)c(OCC(=O)Nc3cccc(F)c3)c(Br)c2)cc1C(C)C. The molecule has 5 aromatic rings. The molecule has 0 aliphatic rings. The van der Waals surface area contributed by atoms with E-state index in [9.17, 15) is 14.0 Å². The highest BCUT2D eigenvalue weighted by molar-refractivity contribution is 9.10. The Kier molecular flexibility index (Phi) is 10.2. The molecule has 0 atom stereocenters. The largest absolute Gasteiger partial charge is 0.494 e. The second kappa shape index (κ2) is 14.3. The van der Waals surface area contributed by atoms with Gasteiger partial charge in [-0.1, -0.05) is 43.6 Å². The van der Waals surface area contributed by atoms with Crippen molar-refractivity contribution in [1.82, 2.24) is 9.66 Å².